The fraction of sp³-hybridized carbons (Fsp3) is 0.120. The first-order valence-corrected chi connectivity index (χ1v) is 10.4. The summed E-state index contributed by atoms with van der Waals surface area (Å²) in [5, 5.41) is 22.6. The molecule has 168 valence electrons. The minimum absolute atomic E-state index is 0.0969. The fourth-order valence-electron chi connectivity index (χ4n) is 4.28. The van der Waals surface area contributed by atoms with Crippen molar-refractivity contribution in [2.45, 2.75) is 12.5 Å². The number of H-pyrrole nitrogens is 1. The van der Waals surface area contributed by atoms with Gasteiger partial charge in [-0.15, -0.1) is 0 Å². The molecule has 5 aromatic rings. The van der Waals surface area contributed by atoms with Gasteiger partial charge >= 0.3 is 0 Å². The summed E-state index contributed by atoms with van der Waals surface area (Å²) in [7, 11) is 1.76. The average molecular weight is 456 g/mol. The quantitative estimate of drug-likeness (QED) is 0.419. The molecule has 0 unspecified atom stereocenters. The maximum atomic E-state index is 13.4. The molecule has 3 aromatic carbocycles. The van der Waals surface area contributed by atoms with Gasteiger partial charge in [-0.05, 0) is 23.1 Å². The molecule has 7 nitrogen and oxygen atoms in total. The van der Waals surface area contributed by atoms with Gasteiger partial charge in [0.25, 0.3) is 12.0 Å². The number of fused-ring (bicyclic) bond motifs is 2. The molecule has 0 amide bonds. The zero-order valence-electron chi connectivity index (χ0n) is 18.0. The number of nitrogens with zero attached hydrogens (tertiary/aromatic N) is 4. The Bertz CT molecular complexity index is 1660. The van der Waals surface area contributed by atoms with E-state index >= 15 is 0 Å². The molecule has 34 heavy (non-hydrogen) atoms. The highest BCUT2D eigenvalue weighted by Crippen LogP contribution is 2.37. The Hall–Kier alpha value is -4.42. The van der Waals surface area contributed by atoms with Crippen LogP contribution in [0, 0.1) is 11.3 Å². The molecule has 0 bridgehead atoms. The molecule has 2 aromatic heterocycles. The van der Waals surface area contributed by atoms with Crippen LogP contribution in [0.2, 0.25) is 0 Å². The zero-order valence-corrected chi connectivity index (χ0v) is 18.0. The molecular formula is C25H18F2N6O. The second-order valence-electron chi connectivity index (χ2n) is 7.91. The first kappa shape index (κ1) is 21.4. The van der Waals surface area contributed by atoms with Gasteiger partial charge in [0.15, 0.2) is 0 Å². The second kappa shape index (κ2) is 8.17. The van der Waals surface area contributed by atoms with Gasteiger partial charge in [0.1, 0.15) is 12.1 Å². The summed E-state index contributed by atoms with van der Waals surface area (Å²) >= 11 is 0. The van der Waals surface area contributed by atoms with Crippen LogP contribution in [0.3, 0.4) is 0 Å². The van der Waals surface area contributed by atoms with Crippen molar-refractivity contribution in [1.82, 2.24) is 20.0 Å². The lowest BCUT2D eigenvalue weighted by molar-refractivity contribution is 0.115. The van der Waals surface area contributed by atoms with Crippen molar-refractivity contribution < 1.29 is 8.78 Å². The number of nitrogens with two attached hydrogens (primary N) is 1. The van der Waals surface area contributed by atoms with Gasteiger partial charge in [-0.1, -0.05) is 42.5 Å². The highest BCUT2D eigenvalue weighted by Gasteiger charge is 2.24. The van der Waals surface area contributed by atoms with Crippen LogP contribution in [0.5, 0.6) is 0 Å². The number of alkyl halides is 2. The van der Waals surface area contributed by atoms with E-state index in [4.69, 9.17) is 5.73 Å². The Morgan fingerprint density at radius 1 is 1.06 bits per heavy atom. The Balaban J connectivity index is 1.77. The number of aromatic nitrogens is 4. The summed E-state index contributed by atoms with van der Waals surface area (Å²) in [4.78, 5) is 12.3. The van der Waals surface area contributed by atoms with E-state index in [9.17, 15) is 18.8 Å². The third-order valence-electron chi connectivity index (χ3n) is 5.95. The molecule has 0 saturated heterocycles. The van der Waals surface area contributed by atoms with Crippen molar-refractivity contribution in [3.63, 3.8) is 0 Å². The standard InChI is InChI=1S/C25H18F2N6O/c1-33-23(16-8-6-13-4-2-3-5-15(13)19(16)11-28)20(12-30-33)14-7-9-17-18(10-14)22(21(29)24(26)27)31-32-25(17)34/h2-10,12,21,24H,29H2,1H3,(H,32,34)/t21-/m1/s1. The van der Waals surface area contributed by atoms with Crippen LogP contribution >= 0.6 is 0 Å². The van der Waals surface area contributed by atoms with Crippen molar-refractivity contribution in [3.05, 3.63) is 82.4 Å². The van der Waals surface area contributed by atoms with E-state index in [1.54, 1.807) is 36.1 Å². The van der Waals surface area contributed by atoms with E-state index in [1.165, 1.54) is 0 Å². The SMILES string of the molecule is Cn1ncc(-c2ccc3c(=O)[nH]nc([C@@H](N)C(F)F)c3c2)c1-c1ccc2ccccc2c1C#N. The van der Waals surface area contributed by atoms with Crippen LogP contribution in [0.4, 0.5) is 8.78 Å². The number of aryl methyl sites for hydroxylation is 1. The highest BCUT2D eigenvalue weighted by molar-refractivity contribution is 5.97. The third kappa shape index (κ3) is 3.32. The third-order valence-corrected chi connectivity index (χ3v) is 5.95. The summed E-state index contributed by atoms with van der Waals surface area (Å²) < 4.78 is 28.4. The molecule has 0 aliphatic carbocycles. The van der Waals surface area contributed by atoms with Crippen LogP contribution in [-0.2, 0) is 7.05 Å². The van der Waals surface area contributed by atoms with Gasteiger partial charge in [-0.2, -0.15) is 15.5 Å². The Kier molecular flexibility index (Phi) is 5.15. The van der Waals surface area contributed by atoms with E-state index in [2.05, 4.69) is 21.4 Å². The molecule has 0 radical (unpaired) electrons. The van der Waals surface area contributed by atoms with Crippen LogP contribution in [0.1, 0.15) is 17.3 Å². The first-order valence-electron chi connectivity index (χ1n) is 10.4. The lowest BCUT2D eigenvalue weighted by Gasteiger charge is -2.14. The average Bonchev–Trinajstić information content (AvgIpc) is 3.23. The van der Waals surface area contributed by atoms with E-state index in [0.29, 0.717) is 27.9 Å². The van der Waals surface area contributed by atoms with Crippen LogP contribution in [0.15, 0.2) is 65.6 Å². The Morgan fingerprint density at radius 2 is 1.85 bits per heavy atom. The smallest absolute Gasteiger partial charge is 0.272 e. The number of hydrogen-bond donors (Lipinski definition) is 2. The van der Waals surface area contributed by atoms with Crippen molar-refractivity contribution >= 4 is 21.5 Å². The van der Waals surface area contributed by atoms with Gasteiger partial charge in [-0.3, -0.25) is 9.48 Å². The minimum Gasteiger partial charge on any atom is -0.318 e. The van der Waals surface area contributed by atoms with E-state index < -0.39 is 18.0 Å². The lowest BCUT2D eigenvalue weighted by Crippen LogP contribution is -2.23. The lowest BCUT2D eigenvalue weighted by atomic mass is 9.93. The molecule has 0 spiro atoms. The van der Waals surface area contributed by atoms with Gasteiger partial charge in [-0.25, -0.2) is 13.9 Å². The van der Waals surface area contributed by atoms with Crippen LogP contribution < -0.4 is 11.3 Å². The zero-order chi connectivity index (χ0) is 24.0. The molecule has 9 heteroatoms. The van der Waals surface area contributed by atoms with Crippen molar-refractivity contribution in [2.24, 2.45) is 12.8 Å². The maximum absolute atomic E-state index is 13.4. The highest BCUT2D eigenvalue weighted by atomic mass is 19.3. The predicted molar refractivity (Wildman–Crippen MR) is 125 cm³/mol. The number of rotatable bonds is 4. The molecule has 0 aliphatic heterocycles. The summed E-state index contributed by atoms with van der Waals surface area (Å²) in [5.41, 5.74) is 8.24. The molecule has 0 fully saturated rings. The number of nitriles is 1. The Morgan fingerprint density at radius 3 is 2.62 bits per heavy atom. The van der Waals surface area contributed by atoms with Gasteiger partial charge < -0.3 is 5.73 Å². The van der Waals surface area contributed by atoms with Crippen LogP contribution in [0.25, 0.3) is 43.9 Å². The summed E-state index contributed by atoms with van der Waals surface area (Å²) in [5.74, 6) is 0. The number of hydrogen-bond acceptors (Lipinski definition) is 5. The topological polar surface area (TPSA) is 113 Å². The summed E-state index contributed by atoms with van der Waals surface area (Å²) in [6, 6.07) is 16.9. The van der Waals surface area contributed by atoms with Crippen LogP contribution in [-0.4, -0.2) is 26.4 Å². The monoisotopic (exact) mass is 456 g/mol. The van der Waals surface area contributed by atoms with Gasteiger partial charge in [0.2, 0.25) is 0 Å². The van der Waals surface area contributed by atoms with Gasteiger partial charge in [0, 0.05) is 28.9 Å². The summed E-state index contributed by atoms with van der Waals surface area (Å²) in [6.07, 6.45) is -1.21. The van der Waals surface area contributed by atoms with Gasteiger partial charge in [0.05, 0.1) is 28.5 Å². The largest absolute Gasteiger partial charge is 0.318 e. The molecule has 0 saturated carbocycles. The maximum Gasteiger partial charge on any atom is 0.272 e. The number of aromatic amines is 1. The van der Waals surface area contributed by atoms with E-state index in [0.717, 1.165) is 10.8 Å². The second-order valence-corrected chi connectivity index (χ2v) is 7.91. The van der Waals surface area contributed by atoms with Crippen molar-refractivity contribution in [3.8, 4) is 28.5 Å². The fourth-order valence-corrected chi connectivity index (χ4v) is 4.28. The van der Waals surface area contributed by atoms with Crippen molar-refractivity contribution in [2.75, 3.05) is 0 Å². The molecule has 1 atom stereocenters. The molecule has 0 aliphatic rings. The van der Waals surface area contributed by atoms with E-state index in [-0.39, 0.29) is 16.5 Å². The molecule has 5 rings (SSSR count). The normalized spacial score (nSPS) is 12.4. The van der Waals surface area contributed by atoms with Crippen molar-refractivity contribution in [1.29, 1.82) is 5.26 Å². The minimum atomic E-state index is -2.85. The van der Waals surface area contributed by atoms with E-state index in [1.807, 2.05) is 36.4 Å². The Labute approximate surface area is 192 Å². The number of nitrogens with one attached hydrogen (secondary N) is 1. The number of halogens is 2. The molecule has 2 heterocycles. The molecule has 3 N–H and O–H groups in total. The first-order chi connectivity index (χ1) is 16.4. The summed E-state index contributed by atoms with van der Waals surface area (Å²) in [6.45, 7) is 0. The number of benzene rings is 3. The predicted octanol–water partition coefficient (Wildman–Crippen LogP) is 4.28. The molecular weight excluding hydrogens is 438 g/mol.